The molecule has 0 spiro atoms. The minimum absolute atomic E-state index is 0.0955. The Bertz CT molecular complexity index is 720. The molecule has 22 heavy (non-hydrogen) atoms. The summed E-state index contributed by atoms with van der Waals surface area (Å²) in [6.45, 7) is 1.15. The fourth-order valence-electron chi connectivity index (χ4n) is 2.29. The van der Waals surface area contributed by atoms with Gasteiger partial charge in [-0.25, -0.2) is 4.39 Å². The Balaban J connectivity index is 1.77. The molecule has 3 rings (SSSR count). The molecule has 2 aromatic rings. The van der Waals surface area contributed by atoms with Crippen molar-refractivity contribution in [1.82, 2.24) is 4.90 Å². The third kappa shape index (κ3) is 3.01. The molecule has 1 aromatic carbocycles. The van der Waals surface area contributed by atoms with Gasteiger partial charge in [-0.15, -0.1) is 11.3 Å². The summed E-state index contributed by atoms with van der Waals surface area (Å²) >= 11 is 1.37. The van der Waals surface area contributed by atoms with Crippen LogP contribution in [0.4, 0.5) is 4.39 Å². The van der Waals surface area contributed by atoms with Crippen LogP contribution >= 0.6 is 11.3 Å². The molecule has 2 heterocycles. The van der Waals surface area contributed by atoms with Crippen molar-refractivity contribution in [2.45, 2.75) is 6.10 Å². The van der Waals surface area contributed by atoms with E-state index in [1.807, 2.05) is 12.1 Å². The van der Waals surface area contributed by atoms with Gasteiger partial charge in [-0.1, -0.05) is 12.1 Å². The average molecular weight is 316 g/mol. The van der Waals surface area contributed by atoms with Crippen molar-refractivity contribution in [2.24, 2.45) is 0 Å². The van der Waals surface area contributed by atoms with E-state index in [2.05, 4.69) is 0 Å². The molecular formula is C16H13FN2O2S. The van der Waals surface area contributed by atoms with Crippen molar-refractivity contribution in [3.05, 3.63) is 47.1 Å². The van der Waals surface area contributed by atoms with Crippen molar-refractivity contribution in [3.63, 3.8) is 0 Å². The molecule has 0 N–H and O–H groups in total. The number of hydrogen-bond acceptors (Lipinski definition) is 4. The summed E-state index contributed by atoms with van der Waals surface area (Å²) in [5.74, 6) is -0.380. The Morgan fingerprint density at radius 3 is 2.82 bits per heavy atom. The summed E-state index contributed by atoms with van der Waals surface area (Å²) in [6, 6.07) is 11.8. The number of morpholine rings is 1. The largest absolute Gasteiger partial charge is 0.360 e. The van der Waals surface area contributed by atoms with Gasteiger partial charge in [0.1, 0.15) is 5.82 Å². The third-order valence-electron chi connectivity index (χ3n) is 3.44. The summed E-state index contributed by atoms with van der Waals surface area (Å²) in [7, 11) is 0. The maximum atomic E-state index is 13.0. The monoisotopic (exact) mass is 316 g/mol. The number of thiophene rings is 1. The zero-order chi connectivity index (χ0) is 15.5. The number of rotatable bonds is 2. The summed E-state index contributed by atoms with van der Waals surface area (Å²) in [5, 5.41) is 8.90. The molecule has 4 nitrogen and oxygen atoms in total. The van der Waals surface area contributed by atoms with Crippen molar-refractivity contribution in [2.75, 3.05) is 19.7 Å². The smallest absolute Gasteiger partial charge is 0.264 e. The molecule has 0 bridgehead atoms. The van der Waals surface area contributed by atoms with Crippen LogP contribution in [0.5, 0.6) is 0 Å². The molecule has 1 amide bonds. The van der Waals surface area contributed by atoms with Crippen LogP contribution < -0.4 is 0 Å². The minimum atomic E-state index is -0.561. The topological polar surface area (TPSA) is 53.3 Å². The molecule has 0 aliphatic carbocycles. The molecule has 112 valence electrons. The number of carbonyl (C=O) groups excluding carboxylic acids is 1. The SMILES string of the molecule is N#C[C@@H]1CN(C(=O)c2ccc(-c3ccc(F)cc3)s2)CCO1. The first kappa shape index (κ1) is 14.7. The van der Waals surface area contributed by atoms with Gasteiger partial charge < -0.3 is 9.64 Å². The maximum absolute atomic E-state index is 13.0. The minimum Gasteiger partial charge on any atom is -0.360 e. The van der Waals surface area contributed by atoms with Gasteiger partial charge in [0.2, 0.25) is 0 Å². The standard InChI is InChI=1S/C16H13FN2O2S/c17-12-3-1-11(2-4-12)14-5-6-15(22-14)16(20)19-7-8-21-13(9-18)10-19/h1-6,13H,7-8,10H2/t13-/m1/s1. The number of amides is 1. The molecule has 6 heteroatoms. The van der Waals surface area contributed by atoms with Gasteiger partial charge in [0.15, 0.2) is 6.10 Å². The molecule has 1 aromatic heterocycles. The molecule has 1 aliphatic heterocycles. The molecule has 1 saturated heterocycles. The average Bonchev–Trinajstić information content (AvgIpc) is 3.05. The van der Waals surface area contributed by atoms with E-state index >= 15 is 0 Å². The summed E-state index contributed by atoms with van der Waals surface area (Å²) in [5.41, 5.74) is 0.877. The summed E-state index contributed by atoms with van der Waals surface area (Å²) in [6.07, 6.45) is -0.561. The third-order valence-corrected chi connectivity index (χ3v) is 4.57. The number of hydrogen-bond donors (Lipinski definition) is 0. The summed E-state index contributed by atoms with van der Waals surface area (Å²) in [4.78, 5) is 15.6. The van der Waals surface area contributed by atoms with E-state index in [4.69, 9.17) is 10.00 Å². The molecular weight excluding hydrogens is 303 g/mol. The zero-order valence-corrected chi connectivity index (χ0v) is 12.5. The lowest BCUT2D eigenvalue weighted by atomic mass is 10.2. The van der Waals surface area contributed by atoms with Crippen molar-refractivity contribution in [3.8, 4) is 16.5 Å². The Morgan fingerprint density at radius 1 is 1.32 bits per heavy atom. The lowest BCUT2D eigenvalue weighted by Gasteiger charge is -2.29. The molecule has 1 atom stereocenters. The highest BCUT2D eigenvalue weighted by molar-refractivity contribution is 7.17. The fraction of sp³-hybridized carbons (Fsp3) is 0.250. The number of ether oxygens (including phenoxy) is 1. The van der Waals surface area contributed by atoms with Crippen LogP contribution in [0.15, 0.2) is 36.4 Å². The lowest BCUT2D eigenvalue weighted by molar-refractivity contribution is 0.00369. The van der Waals surface area contributed by atoms with Crippen LogP contribution in [0.25, 0.3) is 10.4 Å². The van der Waals surface area contributed by atoms with Crippen molar-refractivity contribution >= 4 is 17.2 Å². The van der Waals surface area contributed by atoms with Crippen molar-refractivity contribution < 1.29 is 13.9 Å². The molecule has 1 fully saturated rings. The highest BCUT2D eigenvalue weighted by Crippen LogP contribution is 2.29. The van der Waals surface area contributed by atoms with Crippen molar-refractivity contribution in [1.29, 1.82) is 5.26 Å². The van der Waals surface area contributed by atoms with Crippen LogP contribution in [0.3, 0.4) is 0 Å². The Labute approximate surface area is 131 Å². The van der Waals surface area contributed by atoms with E-state index in [0.29, 0.717) is 24.6 Å². The van der Waals surface area contributed by atoms with E-state index < -0.39 is 6.10 Å². The Morgan fingerprint density at radius 2 is 2.09 bits per heavy atom. The van der Waals surface area contributed by atoms with Gasteiger partial charge in [0.25, 0.3) is 5.91 Å². The predicted molar refractivity (Wildman–Crippen MR) is 81.0 cm³/mol. The number of nitriles is 1. The predicted octanol–water partition coefficient (Wildman–Crippen LogP) is 2.92. The number of halogens is 1. The Kier molecular flexibility index (Phi) is 4.18. The van der Waals surface area contributed by atoms with E-state index in [-0.39, 0.29) is 11.7 Å². The van der Waals surface area contributed by atoms with Crippen LogP contribution in [0.1, 0.15) is 9.67 Å². The number of nitrogens with zero attached hydrogens (tertiary/aromatic N) is 2. The molecule has 1 aliphatic rings. The normalized spacial score (nSPS) is 18.0. The summed E-state index contributed by atoms with van der Waals surface area (Å²) < 4.78 is 18.2. The second-order valence-electron chi connectivity index (χ2n) is 4.91. The first-order valence-corrected chi connectivity index (χ1v) is 7.65. The highest BCUT2D eigenvalue weighted by atomic mass is 32.1. The van der Waals surface area contributed by atoms with Crippen LogP contribution in [-0.4, -0.2) is 36.6 Å². The van der Waals surface area contributed by atoms with Gasteiger partial charge in [-0.05, 0) is 29.8 Å². The van der Waals surface area contributed by atoms with Gasteiger partial charge in [0, 0.05) is 11.4 Å². The molecule has 0 radical (unpaired) electrons. The van der Waals surface area contributed by atoms with E-state index in [1.165, 1.54) is 23.5 Å². The Hall–Kier alpha value is -2.23. The second-order valence-corrected chi connectivity index (χ2v) is 5.99. The van der Waals surface area contributed by atoms with Crippen LogP contribution in [0.2, 0.25) is 0 Å². The second kappa shape index (κ2) is 6.26. The van der Waals surface area contributed by atoms with Gasteiger partial charge in [-0.3, -0.25) is 4.79 Å². The van der Waals surface area contributed by atoms with E-state index in [9.17, 15) is 9.18 Å². The lowest BCUT2D eigenvalue weighted by Crippen LogP contribution is -2.44. The first-order chi connectivity index (χ1) is 10.7. The van der Waals surface area contributed by atoms with Gasteiger partial charge >= 0.3 is 0 Å². The highest BCUT2D eigenvalue weighted by Gasteiger charge is 2.25. The maximum Gasteiger partial charge on any atom is 0.264 e. The van der Waals surface area contributed by atoms with Gasteiger partial charge in [-0.2, -0.15) is 5.26 Å². The molecule has 0 unspecified atom stereocenters. The zero-order valence-electron chi connectivity index (χ0n) is 11.7. The van der Waals surface area contributed by atoms with Crippen LogP contribution in [0, 0.1) is 17.1 Å². The number of benzene rings is 1. The molecule has 0 saturated carbocycles. The quantitative estimate of drug-likeness (QED) is 0.856. The van der Waals surface area contributed by atoms with Crippen LogP contribution in [-0.2, 0) is 4.74 Å². The van der Waals surface area contributed by atoms with E-state index in [1.54, 1.807) is 23.1 Å². The number of carbonyl (C=O) groups is 1. The fourth-order valence-corrected chi connectivity index (χ4v) is 3.27. The first-order valence-electron chi connectivity index (χ1n) is 6.83. The van der Waals surface area contributed by atoms with E-state index in [0.717, 1.165) is 10.4 Å². The van der Waals surface area contributed by atoms with Gasteiger partial charge in [0.05, 0.1) is 24.1 Å².